The van der Waals surface area contributed by atoms with E-state index in [2.05, 4.69) is 15.3 Å². The maximum atomic E-state index is 14.3. The number of rotatable bonds is 3. The predicted molar refractivity (Wildman–Crippen MR) is 111 cm³/mol. The van der Waals surface area contributed by atoms with Gasteiger partial charge in [-0.15, -0.1) is 0 Å². The third-order valence-corrected chi connectivity index (χ3v) is 5.14. The van der Waals surface area contributed by atoms with Crippen LogP contribution in [0.5, 0.6) is 0 Å². The first kappa shape index (κ1) is 21.8. The first-order chi connectivity index (χ1) is 13.3. The van der Waals surface area contributed by atoms with E-state index in [-0.39, 0.29) is 23.0 Å². The van der Waals surface area contributed by atoms with E-state index in [0.29, 0.717) is 35.7 Å². The van der Waals surface area contributed by atoms with Gasteiger partial charge in [0.1, 0.15) is 11.5 Å². The van der Waals surface area contributed by atoms with Crippen molar-refractivity contribution in [3.05, 3.63) is 58.7 Å². The van der Waals surface area contributed by atoms with Crippen molar-refractivity contribution in [1.29, 1.82) is 0 Å². The molecule has 2 heterocycles. The Labute approximate surface area is 167 Å². The molecular weight excluding hydrogens is 382 g/mol. The summed E-state index contributed by atoms with van der Waals surface area (Å²) in [7, 11) is 0.500. The lowest BCUT2D eigenvalue weighted by atomic mass is 10.0. The van der Waals surface area contributed by atoms with Crippen molar-refractivity contribution in [3.63, 3.8) is 0 Å². The van der Waals surface area contributed by atoms with Crippen LogP contribution in [0.1, 0.15) is 46.6 Å². The summed E-state index contributed by atoms with van der Waals surface area (Å²) in [6.07, 6.45) is 2.34. The van der Waals surface area contributed by atoms with Crippen molar-refractivity contribution in [3.8, 4) is 0 Å². The molecule has 1 amide bonds. The number of amides is 1. The van der Waals surface area contributed by atoms with Crippen LogP contribution in [0.3, 0.4) is 0 Å². The topological polar surface area (TPSA) is 80.4 Å². The number of pyridine rings is 1. The molecule has 0 fully saturated rings. The lowest BCUT2D eigenvalue weighted by molar-refractivity contribution is 0.102. The first-order valence-electron chi connectivity index (χ1n) is 8.75. The second-order valence-electron chi connectivity index (χ2n) is 6.52. The minimum atomic E-state index is -0.353. The van der Waals surface area contributed by atoms with Crippen LogP contribution in [0, 0.1) is 19.7 Å². The van der Waals surface area contributed by atoms with Crippen LogP contribution >= 0.6 is 11.8 Å². The molecule has 8 heteroatoms. The summed E-state index contributed by atoms with van der Waals surface area (Å²) in [5.74, 6) is -0.677. The second kappa shape index (κ2) is 9.64. The van der Waals surface area contributed by atoms with Crippen LogP contribution in [-0.2, 0) is 0 Å². The normalized spacial score (nSPS) is 18.6. The Morgan fingerprint density at radius 2 is 2.00 bits per heavy atom. The maximum Gasteiger partial charge on any atom is 0.274 e. The van der Waals surface area contributed by atoms with Gasteiger partial charge in [0.05, 0.1) is 13.2 Å². The average molecular weight is 407 g/mol. The highest BCUT2D eigenvalue weighted by Crippen LogP contribution is 2.35. The van der Waals surface area contributed by atoms with Gasteiger partial charge in [0.2, 0.25) is 0 Å². The number of hydrogen-bond acceptors (Lipinski definition) is 5. The second-order valence-corrected chi connectivity index (χ2v) is 7.97. The summed E-state index contributed by atoms with van der Waals surface area (Å²) in [6.45, 7) is 5.79. The van der Waals surface area contributed by atoms with Crippen LogP contribution in [0.2, 0.25) is 0 Å². The Hall–Kier alpha value is -2.48. The van der Waals surface area contributed by atoms with Crippen molar-refractivity contribution >= 4 is 28.5 Å². The van der Waals surface area contributed by atoms with Crippen LogP contribution in [-0.4, -0.2) is 28.5 Å². The molecule has 3 rings (SSSR count). The number of anilines is 1. The molecule has 3 N–H and O–H groups in total. The van der Waals surface area contributed by atoms with Gasteiger partial charge in [-0.3, -0.25) is 19.2 Å². The van der Waals surface area contributed by atoms with E-state index in [9.17, 15) is 13.6 Å². The molecule has 1 aliphatic heterocycles. The van der Waals surface area contributed by atoms with Gasteiger partial charge in [0.15, 0.2) is 5.17 Å². The third-order valence-electron chi connectivity index (χ3n) is 4.20. The minimum absolute atomic E-state index is 0.259. The number of nitrogens with one attached hydrogen (secondary N) is 1. The Kier molecular flexibility index (Phi) is 7.51. The number of carbonyl (C=O) groups excluding carboxylic acids is 1. The highest BCUT2D eigenvalue weighted by molar-refractivity contribution is 8.14. The molecule has 1 aromatic carbocycles. The molecule has 28 heavy (non-hydrogen) atoms. The summed E-state index contributed by atoms with van der Waals surface area (Å²) in [6, 6.07) is 6.06. The molecule has 1 unspecified atom stereocenters. The highest BCUT2D eigenvalue weighted by atomic mass is 32.2. The molecule has 2 atom stereocenters. The van der Waals surface area contributed by atoms with Gasteiger partial charge in [-0.05, 0) is 49.6 Å². The molecule has 0 aliphatic carbocycles. The maximum absolute atomic E-state index is 14.3. The number of benzene rings is 1. The standard InChI is InChI=1S/C19H21FN4OS.CH3F/c1-10-6-11(2)17(22-9-10)18(25)23-13-4-5-15(20)14(8-13)16-7-12(3)26-19(21)24-16;1-2/h4-6,8-9,12,16H,7H2,1-3H3,(H2,21,24)(H,23,25);1H3/t12?,16-;/m0./s1. The van der Waals surface area contributed by atoms with Crippen molar-refractivity contribution in [2.75, 3.05) is 12.5 Å². The van der Waals surface area contributed by atoms with Crippen LogP contribution in [0.4, 0.5) is 14.5 Å². The lowest BCUT2D eigenvalue weighted by Crippen LogP contribution is -2.21. The van der Waals surface area contributed by atoms with Gasteiger partial charge in [-0.25, -0.2) is 4.39 Å². The number of nitrogens with zero attached hydrogens (tertiary/aromatic N) is 2. The molecule has 1 aliphatic rings. The number of aliphatic imine (C=N–C) groups is 1. The number of thioether (sulfide) groups is 1. The molecule has 2 aromatic rings. The molecule has 0 radical (unpaired) electrons. The summed E-state index contributed by atoms with van der Waals surface area (Å²) < 4.78 is 23.8. The summed E-state index contributed by atoms with van der Waals surface area (Å²) in [4.78, 5) is 21.1. The molecule has 5 nitrogen and oxygen atoms in total. The van der Waals surface area contributed by atoms with Crippen molar-refractivity contribution in [2.24, 2.45) is 10.7 Å². The number of amidine groups is 1. The van der Waals surface area contributed by atoms with Crippen LogP contribution in [0.25, 0.3) is 0 Å². The Morgan fingerprint density at radius 3 is 2.64 bits per heavy atom. The molecule has 0 spiro atoms. The number of nitrogens with two attached hydrogens (primary N) is 1. The van der Waals surface area contributed by atoms with Gasteiger partial charge in [-0.2, -0.15) is 0 Å². The summed E-state index contributed by atoms with van der Waals surface area (Å²) >= 11 is 1.49. The predicted octanol–water partition coefficient (Wildman–Crippen LogP) is 4.56. The van der Waals surface area contributed by atoms with Gasteiger partial charge in [-0.1, -0.05) is 24.8 Å². The summed E-state index contributed by atoms with van der Waals surface area (Å²) in [5, 5.41) is 3.51. The van der Waals surface area contributed by atoms with Crippen LogP contribution in [0.15, 0.2) is 35.5 Å². The number of hydrogen-bond donors (Lipinski definition) is 2. The highest BCUT2D eigenvalue weighted by Gasteiger charge is 2.24. The monoisotopic (exact) mass is 406 g/mol. The quantitative estimate of drug-likeness (QED) is 0.783. The molecule has 1 aromatic heterocycles. The number of aryl methyl sites for hydroxylation is 2. The van der Waals surface area contributed by atoms with E-state index in [4.69, 9.17) is 5.73 Å². The fourth-order valence-electron chi connectivity index (χ4n) is 3.02. The molecule has 0 saturated carbocycles. The van der Waals surface area contributed by atoms with Gasteiger partial charge >= 0.3 is 0 Å². The zero-order valence-corrected chi connectivity index (χ0v) is 17.1. The minimum Gasteiger partial charge on any atom is -0.379 e. The van der Waals surface area contributed by atoms with E-state index in [1.807, 2.05) is 26.8 Å². The zero-order valence-electron chi connectivity index (χ0n) is 16.3. The lowest BCUT2D eigenvalue weighted by Gasteiger charge is -2.24. The number of halogens is 2. The number of aromatic nitrogens is 1. The fourth-order valence-corrected chi connectivity index (χ4v) is 3.90. The van der Waals surface area contributed by atoms with E-state index in [1.54, 1.807) is 12.3 Å². The van der Waals surface area contributed by atoms with Crippen LogP contribution < -0.4 is 11.1 Å². The zero-order chi connectivity index (χ0) is 20.8. The van der Waals surface area contributed by atoms with Gasteiger partial charge in [0, 0.05) is 22.7 Å². The SMILES string of the molecule is CF.Cc1cnc(C(=O)Nc2ccc(F)c([C@@H]3CC(C)SC(N)=N3)c2)c(C)c1. The molecular formula is C20H24F2N4OS. The average Bonchev–Trinajstić information content (AvgIpc) is 2.64. The van der Waals surface area contributed by atoms with Gasteiger partial charge in [0.25, 0.3) is 5.91 Å². The Bertz CT molecular complexity index is 889. The third kappa shape index (κ3) is 5.28. The van der Waals surface area contributed by atoms with Crippen molar-refractivity contribution in [2.45, 2.75) is 38.5 Å². The largest absolute Gasteiger partial charge is 0.379 e. The number of carbonyl (C=O) groups is 1. The van der Waals surface area contributed by atoms with Crippen molar-refractivity contribution < 1.29 is 13.6 Å². The van der Waals surface area contributed by atoms with E-state index in [0.717, 1.165) is 11.1 Å². The smallest absolute Gasteiger partial charge is 0.274 e. The molecule has 150 valence electrons. The Balaban J connectivity index is 0.00000136. The van der Waals surface area contributed by atoms with E-state index in [1.165, 1.54) is 23.9 Å². The fraction of sp³-hybridized carbons (Fsp3) is 0.350. The molecule has 0 saturated heterocycles. The van der Waals surface area contributed by atoms with Gasteiger partial charge < -0.3 is 11.1 Å². The van der Waals surface area contributed by atoms with E-state index < -0.39 is 0 Å². The van der Waals surface area contributed by atoms with Crippen molar-refractivity contribution in [1.82, 2.24) is 4.98 Å². The molecule has 0 bridgehead atoms. The van der Waals surface area contributed by atoms with E-state index >= 15 is 0 Å². The Morgan fingerprint density at radius 1 is 1.29 bits per heavy atom. The first-order valence-corrected chi connectivity index (χ1v) is 9.63. The number of alkyl halides is 1. The summed E-state index contributed by atoms with van der Waals surface area (Å²) in [5.41, 5.74) is 8.92.